The molecular weight excluding hydrogens is 333 g/mol. The molecule has 5 heteroatoms. The van der Waals surface area contributed by atoms with E-state index in [1.54, 1.807) is 19.2 Å². The maximum atomic E-state index is 13.0. The molecule has 1 saturated heterocycles. The normalized spacial score (nSPS) is 17.1. The minimum atomic E-state index is -0.247. The molecule has 1 aliphatic rings. The highest BCUT2D eigenvalue weighted by Crippen LogP contribution is 2.29. The van der Waals surface area contributed by atoms with E-state index >= 15 is 0 Å². The molecule has 140 valence electrons. The quantitative estimate of drug-likeness (QED) is 0.775. The smallest absolute Gasteiger partial charge is 0.161 e. The zero-order valence-electron chi connectivity index (χ0n) is 15.2. The largest absolute Gasteiger partial charge is 0.493 e. The summed E-state index contributed by atoms with van der Waals surface area (Å²) in [6.07, 6.45) is 2.38. The van der Waals surface area contributed by atoms with E-state index in [2.05, 4.69) is 5.32 Å². The Labute approximate surface area is 154 Å². The standard InChI is InChI=1S/C21H26FNO3/c1-24-21-11-17(12-23-13-18-3-2-10-25-14-18)6-9-20(21)26-15-16-4-7-19(22)8-5-16/h4-9,11,18,23H,2-3,10,12-15H2,1H3. The van der Waals surface area contributed by atoms with Crippen LogP contribution in [-0.4, -0.2) is 26.9 Å². The van der Waals surface area contributed by atoms with Gasteiger partial charge in [0, 0.05) is 19.7 Å². The molecule has 0 aliphatic carbocycles. The summed E-state index contributed by atoms with van der Waals surface area (Å²) in [4.78, 5) is 0. The van der Waals surface area contributed by atoms with Crippen molar-refractivity contribution in [2.45, 2.75) is 26.0 Å². The third-order valence-corrected chi connectivity index (χ3v) is 4.55. The molecule has 3 rings (SSSR count). The topological polar surface area (TPSA) is 39.7 Å². The van der Waals surface area contributed by atoms with Gasteiger partial charge in [-0.1, -0.05) is 18.2 Å². The Hall–Kier alpha value is -2.11. The first-order valence-electron chi connectivity index (χ1n) is 9.07. The third-order valence-electron chi connectivity index (χ3n) is 4.55. The van der Waals surface area contributed by atoms with Crippen LogP contribution in [0.25, 0.3) is 0 Å². The van der Waals surface area contributed by atoms with E-state index in [0.29, 0.717) is 24.0 Å². The summed E-state index contributed by atoms with van der Waals surface area (Å²) in [5.41, 5.74) is 2.06. The summed E-state index contributed by atoms with van der Waals surface area (Å²) < 4.78 is 29.8. The average molecular weight is 359 g/mol. The number of rotatable bonds is 8. The zero-order valence-corrected chi connectivity index (χ0v) is 15.2. The molecule has 1 fully saturated rings. The van der Waals surface area contributed by atoms with Crippen LogP contribution < -0.4 is 14.8 Å². The van der Waals surface area contributed by atoms with Crippen molar-refractivity contribution in [2.24, 2.45) is 5.92 Å². The van der Waals surface area contributed by atoms with Crippen LogP contribution in [0.4, 0.5) is 4.39 Å². The molecule has 2 aromatic rings. The maximum Gasteiger partial charge on any atom is 0.161 e. The molecule has 2 aromatic carbocycles. The monoisotopic (exact) mass is 359 g/mol. The highest BCUT2D eigenvalue weighted by Gasteiger charge is 2.13. The second kappa shape index (κ2) is 9.55. The highest BCUT2D eigenvalue weighted by molar-refractivity contribution is 5.43. The molecule has 0 spiro atoms. The molecular formula is C21H26FNO3. The Morgan fingerprint density at radius 1 is 1.12 bits per heavy atom. The van der Waals surface area contributed by atoms with Crippen molar-refractivity contribution in [1.29, 1.82) is 0 Å². The molecule has 0 radical (unpaired) electrons. The molecule has 4 nitrogen and oxygen atoms in total. The fourth-order valence-electron chi connectivity index (χ4n) is 3.07. The Morgan fingerprint density at radius 3 is 2.65 bits per heavy atom. The van der Waals surface area contributed by atoms with Crippen LogP contribution in [0.5, 0.6) is 11.5 Å². The van der Waals surface area contributed by atoms with Crippen molar-refractivity contribution in [2.75, 3.05) is 26.9 Å². The number of hydrogen-bond acceptors (Lipinski definition) is 4. The van der Waals surface area contributed by atoms with Gasteiger partial charge in [0.05, 0.1) is 13.7 Å². The van der Waals surface area contributed by atoms with Gasteiger partial charge in [-0.25, -0.2) is 4.39 Å². The van der Waals surface area contributed by atoms with Gasteiger partial charge in [0.1, 0.15) is 12.4 Å². The van der Waals surface area contributed by atoms with Crippen LogP contribution in [0.2, 0.25) is 0 Å². The predicted octanol–water partition coefficient (Wildman–Crippen LogP) is 3.93. The fourth-order valence-corrected chi connectivity index (χ4v) is 3.07. The first-order chi connectivity index (χ1) is 12.7. The van der Waals surface area contributed by atoms with E-state index in [1.807, 2.05) is 18.2 Å². The van der Waals surface area contributed by atoms with Crippen molar-refractivity contribution in [3.63, 3.8) is 0 Å². The van der Waals surface area contributed by atoms with E-state index in [-0.39, 0.29) is 5.82 Å². The van der Waals surface area contributed by atoms with Crippen molar-refractivity contribution in [3.8, 4) is 11.5 Å². The minimum absolute atomic E-state index is 0.247. The van der Waals surface area contributed by atoms with Gasteiger partial charge in [-0.15, -0.1) is 0 Å². The minimum Gasteiger partial charge on any atom is -0.493 e. The van der Waals surface area contributed by atoms with E-state index in [1.165, 1.54) is 18.6 Å². The van der Waals surface area contributed by atoms with Crippen LogP contribution in [0, 0.1) is 11.7 Å². The lowest BCUT2D eigenvalue weighted by molar-refractivity contribution is 0.0547. The summed E-state index contributed by atoms with van der Waals surface area (Å²) in [6, 6.07) is 12.2. The lowest BCUT2D eigenvalue weighted by atomic mass is 10.0. The van der Waals surface area contributed by atoms with Crippen molar-refractivity contribution < 1.29 is 18.6 Å². The van der Waals surface area contributed by atoms with E-state index in [4.69, 9.17) is 14.2 Å². The van der Waals surface area contributed by atoms with Gasteiger partial charge in [-0.3, -0.25) is 0 Å². The van der Waals surface area contributed by atoms with Gasteiger partial charge in [-0.2, -0.15) is 0 Å². The molecule has 1 unspecified atom stereocenters. The number of ether oxygens (including phenoxy) is 3. The molecule has 1 heterocycles. The first kappa shape index (κ1) is 18.7. The van der Waals surface area contributed by atoms with Gasteiger partial charge in [0.15, 0.2) is 11.5 Å². The summed E-state index contributed by atoms with van der Waals surface area (Å²) in [5.74, 6) is 1.74. The Morgan fingerprint density at radius 2 is 1.92 bits per heavy atom. The Balaban J connectivity index is 1.52. The van der Waals surface area contributed by atoms with Crippen molar-refractivity contribution >= 4 is 0 Å². The predicted molar refractivity (Wildman–Crippen MR) is 99.0 cm³/mol. The van der Waals surface area contributed by atoms with Crippen LogP contribution >= 0.6 is 0 Å². The maximum absolute atomic E-state index is 13.0. The molecule has 0 amide bonds. The van der Waals surface area contributed by atoms with Gasteiger partial charge in [0.2, 0.25) is 0 Å². The van der Waals surface area contributed by atoms with E-state index in [9.17, 15) is 4.39 Å². The molecule has 0 saturated carbocycles. The molecule has 1 aliphatic heterocycles. The second-order valence-corrected chi connectivity index (χ2v) is 6.61. The lowest BCUT2D eigenvalue weighted by Crippen LogP contribution is -2.28. The second-order valence-electron chi connectivity index (χ2n) is 6.61. The number of benzene rings is 2. The molecule has 26 heavy (non-hydrogen) atoms. The van der Waals surface area contributed by atoms with Crippen LogP contribution in [0.3, 0.4) is 0 Å². The van der Waals surface area contributed by atoms with Gasteiger partial charge in [-0.05, 0) is 54.2 Å². The van der Waals surface area contributed by atoms with Gasteiger partial charge in [0.25, 0.3) is 0 Å². The van der Waals surface area contributed by atoms with Crippen LogP contribution in [0.1, 0.15) is 24.0 Å². The highest BCUT2D eigenvalue weighted by atomic mass is 19.1. The number of halogens is 1. The zero-order chi connectivity index (χ0) is 18.2. The SMILES string of the molecule is COc1cc(CNCC2CCCOC2)ccc1OCc1ccc(F)cc1. The average Bonchev–Trinajstić information content (AvgIpc) is 2.69. The summed E-state index contributed by atoms with van der Waals surface area (Å²) in [7, 11) is 1.64. The summed E-state index contributed by atoms with van der Waals surface area (Å²) >= 11 is 0. The number of hydrogen-bond donors (Lipinski definition) is 1. The number of methoxy groups -OCH3 is 1. The van der Waals surface area contributed by atoms with Gasteiger partial charge >= 0.3 is 0 Å². The number of nitrogens with one attached hydrogen (secondary N) is 1. The molecule has 0 bridgehead atoms. The van der Waals surface area contributed by atoms with Crippen LogP contribution in [-0.2, 0) is 17.9 Å². The van der Waals surface area contributed by atoms with Gasteiger partial charge < -0.3 is 19.5 Å². The summed E-state index contributed by atoms with van der Waals surface area (Å²) in [6.45, 7) is 3.87. The summed E-state index contributed by atoms with van der Waals surface area (Å²) in [5, 5.41) is 3.49. The molecule has 1 N–H and O–H groups in total. The van der Waals surface area contributed by atoms with Crippen molar-refractivity contribution in [3.05, 3.63) is 59.4 Å². The third kappa shape index (κ3) is 5.44. The lowest BCUT2D eigenvalue weighted by Gasteiger charge is -2.22. The Bertz CT molecular complexity index is 684. The van der Waals surface area contributed by atoms with E-state index in [0.717, 1.165) is 43.9 Å². The molecule has 1 atom stereocenters. The van der Waals surface area contributed by atoms with Crippen molar-refractivity contribution in [1.82, 2.24) is 5.32 Å². The first-order valence-corrected chi connectivity index (χ1v) is 9.07. The Kier molecular flexibility index (Phi) is 6.86. The fraction of sp³-hybridized carbons (Fsp3) is 0.429. The van der Waals surface area contributed by atoms with Crippen LogP contribution in [0.15, 0.2) is 42.5 Å². The van der Waals surface area contributed by atoms with E-state index < -0.39 is 0 Å². The molecule has 0 aromatic heterocycles.